The summed E-state index contributed by atoms with van der Waals surface area (Å²) >= 11 is 4.84. The fraction of sp³-hybridized carbons (Fsp3) is 0.385. The summed E-state index contributed by atoms with van der Waals surface area (Å²) in [6, 6.07) is 7.64. The second-order valence-electron chi connectivity index (χ2n) is 3.91. The number of hydrogen-bond donors (Lipinski definition) is 2. The van der Waals surface area contributed by atoms with E-state index in [0.29, 0.717) is 30.9 Å². The van der Waals surface area contributed by atoms with Gasteiger partial charge in [0, 0.05) is 19.9 Å². The number of nitrogens with one attached hydrogen (secondary N) is 1. The Morgan fingerprint density at radius 1 is 1.39 bits per heavy atom. The molecule has 18 heavy (non-hydrogen) atoms. The standard InChI is InChI=1S/C13H18N2O2S/c1-15-13(16)3-2-8-17-11-6-4-10(5-7-11)9-12(14)18/h4-7H,2-3,8-9H2,1H3,(H2,14,18)(H,15,16). The van der Waals surface area contributed by atoms with Crippen molar-refractivity contribution in [3.63, 3.8) is 0 Å². The number of carbonyl (C=O) groups excluding carboxylic acids is 1. The van der Waals surface area contributed by atoms with Gasteiger partial charge in [0.2, 0.25) is 5.91 Å². The van der Waals surface area contributed by atoms with Crippen LogP contribution in [0.1, 0.15) is 18.4 Å². The minimum Gasteiger partial charge on any atom is -0.494 e. The van der Waals surface area contributed by atoms with Gasteiger partial charge in [-0.1, -0.05) is 24.4 Å². The summed E-state index contributed by atoms with van der Waals surface area (Å²) in [6.07, 6.45) is 1.79. The Morgan fingerprint density at radius 2 is 2.06 bits per heavy atom. The van der Waals surface area contributed by atoms with Crippen LogP contribution in [0, 0.1) is 0 Å². The van der Waals surface area contributed by atoms with Crippen LogP contribution in [0.15, 0.2) is 24.3 Å². The van der Waals surface area contributed by atoms with Crippen molar-refractivity contribution >= 4 is 23.1 Å². The first kappa shape index (κ1) is 14.4. The molecule has 0 heterocycles. The summed E-state index contributed by atoms with van der Waals surface area (Å²) in [4.78, 5) is 11.5. The van der Waals surface area contributed by atoms with E-state index < -0.39 is 0 Å². The number of rotatable bonds is 7. The zero-order chi connectivity index (χ0) is 13.4. The van der Waals surface area contributed by atoms with Crippen LogP contribution in [0.3, 0.4) is 0 Å². The van der Waals surface area contributed by atoms with Crippen molar-refractivity contribution in [2.24, 2.45) is 5.73 Å². The molecule has 0 aliphatic heterocycles. The van der Waals surface area contributed by atoms with Crippen molar-refractivity contribution in [3.8, 4) is 5.75 Å². The summed E-state index contributed by atoms with van der Waals surface area (Å²) in [5, 5.41) is 2.57. The second-order valence-corrected chi connectivity index (χ2v) is 4.44. The molecule has 1 rings (SSSR count). The highest BCUT2D eigenvalue weighted by molar-refractivity contribution is 7.80. The van der Waals surface area contributed by atoms with Gasteiger partial charge in [-0.05, 0) is 24.1 Å². The van der Waals surface area contributed by atoms with Crippen LogP contribution in [-0.2, 0) is 11.2 Å². The third-order valence-electron chi connectivity index (χ3n) is 2.40. The van der Waals surface area contributed by atoms with Crippen LogP contribution < -0.4 is 15.8 Å². The lowest BCUT2D eigenvalue weighted by molar-refractivity contribution is -0.120. The van der Waals surface area contributed by atoms with Gasteiger partial charge in [-0.2, -0.15) is 0 Å². The molecule has 1 aromatic rings. The first-order chi connectivity index (χ1) is 8.61. The molecule has 0 unspecified atom stereocenters. The van der Waals surface area contributed by atoms with Crippen LogP contribution >= 0.6 is 12.2 Å². The van der Waals surface area contributed by atoms with E-state index in [9.17, 15) is 4.79 Å². The lowest BCUT2D eigenvalue weighted by Gasteiger charge is -2.06. The molecule has 0 saturated heterocycles. The van der Waals surface area contributed by atoms with Gasteiger partial charge in [0.25, 0.3) is 0 Å². The Kier molecular flexibility index (Phi) is 6.14. The molecule has 0 fully saturated rings. The van der Waals surface area contributed by atoms with E-state index in [4.69, 9.17) is 22.7 Å². The summed E-state index contributed by atoms with van der Waals surface area (Å²) in [7, 11) is 1.63. The van der Waals surface area contributed by atoms with E-state index >= 15 is 0 Å². The van der Waals surface area contributed by atoms with E-state index in [-0.39, 0.29) is 5.91 Å². The molecule has 98 valence electrons. The van der Waals surface area contributed by atoms with Crippen LogP contribution in [-0.4, -0.2) is 24.6 Å². The summed E-state index contributed by atoms with van der Waals surface area (Å²) in [6.45, 7) is 0.530. The normalized spacial score (nSPS) is 9.83. The van der Waals surface area contributed by atoms with Crippen molar-refractivity contribution in [3.05, 3.63) is 29.8 Å². The fourth-order valence-electron chi connectivity index (χ4n) is 1.45. The molecule has 1 aromatic carbocycles. The Labute approximate surface area is 113 Å². The maximum Gasteiger partial charge on any atom is 0.219 e. The molecule has 0 saturated carbocycles. The highest BCUT2D eigenvalue weighted by Crippen LogP contribution is 2.13. The second kappa shape index (κ2) is 7.66. The van der Waals surface area contributed by atoms with Crippen molar-refractivity contribution in [2.75, 3.05) is 13.7 Å². The maximum absolute atomic E-state index is 11.0. The Hall–Kier alpha value is -1.62. The van der Waals surface area contributed by atoms with Gasteiger partial charge in [0.05, 0.1) is 11.6 Å². The molecular formula is C13H18N2O2S. The number of carbonyl (C=O) groups is 1. The van der Waals surface area contributed by atoms with Gasteiger partial charge in [-0.15, -0.1) is 0 Å². The summed E-state index contributed by atoms with van der Waals surface area (Å²) in [5.41, 5.74) is 6.53. The first-order valence-electron chi connectivity index (χ1n) is 5.82. The van der Waals surface area contributed by atoms with Crippen LogP contribution in [0.25, 0.3) is 0 Å². The van der Waals surface area contributed by atoms with Gasteiger partial charge in [0.15, 0.2) is 0 Å². The number of benzene rings is 1. The molecule has 3 N–H and O–H groups in total. The van der Waals surface area contributed by atoms with Gasteiger partial charge in [-0.25, -0.2) is 0 Å². The largest absolute Gasteiger partial charge is 0.494 e. The smallest absolute Gasteiger partial charge is 0.219 e. The van der Waals surface area contributed by atoms with Crippen molar-refractivity contribution in [1.29, 1.82) is 0 Å². The number of thiocarbonyl (C=S) groups is 1. The van der Waals surface area contributed by atoms with Gasteiger partial charge < -0.3 is 15.8 Å². The first-order valence-corrected chi connectivity index (χ1v) is 6.23. The molecule has 1 amide bonds. The molecule has 0 atom stereocenters. The molecule has 0 bridgehead atoms. The molecular weight excluding hydrogens is 248 g/mol. The zero-order valence-electron chi connectivity index (χ0n) is 10.4. The molecule has 4 nitrogen and oxygen atoms in total. The SMILES string of the molecule is CNC(=O)CCCOc1ccc(CC(N)=S)cc1. The zero-order valence-corrected chi connectivity index (χ0v) is 11.3. The predicted octanol–water partition coefficient (Wildman–Crippen LogP) is 1.42. The van der Waals surface area contributed by atoms with Gasteiger partial charge >= 0.3 is 0 Å². The van der Waals surface area contributed by atoms with Crippen LogP contribution in [0.4, 0.5) is 0 Å². The molecule has 0 radical (unpaired) electrons. The maximum atomic E-state index is 11.0. The Morgan fingerprint density at radius 3 is 2.61 bits per heavy atom. The average molecular weight is 266 g/mol. The van der Waals surface area contributed by atoms with Gasteiger partial charge in [0.1, 0.15) is 5.75 Å². The number of hydrogen-bond acceptors (Lipinski definition) is 3. The van der Waals surface area contributed by atoms with Crippen LogP contribution in [0.2, 0.25) is 0 Å². The Bertz CT molecular complexity index is 404. The number of ether oxygens (including phenoxy) is 1. The molecule has 0 aliphatic rings. The quantitative estimate of drug-likeness (QED) is 0.579. The van der Waals surface area contributed by atoms with Crippen LogP contribution in [0.5, 0.6) is 5.75 Å². The number of amides is 1. The van der Waals surface area contributed by atoms with E-state index in [0.717, 1.165) is 11.3 Å². The highest BCUT2D eigenvalue weighted by Gasteiger charge is 1.99. The average Bonchev–Trinajstić information content (AvgIpc) is 2.35. The lowest BCUT2D eigenvalue weighted by atomic mass is 10.1. The fourth-order valence-corrected chi connectivity index (χ4v) is 1.62. The molecule has 5 heteroatoms. The molecule has 0 aliphatic carbocycles. The van der Waals surface area contributed by atoms with Crippen molar-refractivity contribution < 1.29 is 9.53 Å². The lowest BCUT2D eigenvalue weighted by Crippen LogP contribution is -2.18. The van der Waals surface area contributed by atoms with Crippen molar-refractivity contribution in [1.82, 2.24) is 5.32 Å². The van der Waals surface area contributed by atoms with E-state index in [2.05, 4.69) is 5.32 Å². The minimum atomic E-state index is 0.0328. The summed E-state index contributed by atoms with van der Waals surface area (Å²) < 4.78 is 5.52. The monoisotopic (exact) mass is 266 g/mol. The van der Waals surface area contributed by atoms with E-state index in [1.54, 1.807) is 7.05 Å². The van der Waals surface area contributed by atoms with E-state index in [1.165, 1.54) is 0 Å². The minimum absolute atomic E-state index is 0.0328. The predicted molar refractivity (Wildman–Crippen MR) is 75.7 cm³/mol. The third kappa shape index (κ3) is 5.63. The van der Waals surface area contributed by atoms with Crippen molar-refractivity contribution in [2.45, 2.75) is 19.3 Å². The van der Waals surface area contributed by atoms with E-state index in [1.807, 2.05) is 24.3 Å². The number of nitrogens with two attached hydrogens (primary N) is 1. The third-order valence-corrected chi connectivity index (χ3v) is 2.54. The highest BCUT2D eigenvalue weighted by atomic mass is 32.1. The Balaban J connectivity index is 2.31. The van der Waals surface area contributed by atoms with Gasteiger partial charge in [-0.3, -0.25) is 4.79 Å². The molecule has 0 aromatic heterocycles. The molecule has 0 spiro atoms. The summed E-state index contributed by atoms with van der Waals surface area (Å²) in [5.74, 6) is 0.823. The topological polar surface area (TPSA) is 64.3 Å².